The zero-order valence-corrected chi connectivity index (χ0v) is 11.5. The summed E-state index contributed by atoms with van der Waals surface area (Å²) >= 11 is 1.88. The Bertz CT molecular complexity index is 338. The summed E-state index contributed by atoms with van der Waals surface area (Å²) in [5, 5.41) is 5.92. The van der Waals surface area contributed by atoms with Crippen LogP contribution in [0.5, 0.6) is 0 Å². The quantitative estimate of drug-likeness (QED) is 0.778. The molecule has 0 aliphatic heterocycles. The second-order valence-electron chi connectivity index (χ2n) is 5.32. The van der Waals surface area contributed by atoms with Crippen molar-refractivity contribution in [2.45, 2.75) is 52.5 Å². The van der Waals surface area contributed by atoms with Crippen LogP contribution in [0.15, 0.2) is 11.4 Å². The van der Waals surface area contributed by atoms with Crippen molar-refractivity contribution >= 4 is 11.3 Å². The Hall–Kier alpha value is -0.340. The number of hydrogen-bond donors (Lipinski definition) is 1. The molecule has 1 aliphatic rings. The molecule has 1 aliphatic carbocycles. The topological polar surface area (TPSA) is 12.0 Å². The van der Waals surface area contributed by atoms with E-state index in [1.165, 1.54) is 42.7 Å². The van der Waals surface area contributed by atoms with Gasteiger partial charge in [0.25, 0.3) is 0 Å². The summed E-state index contributed by atoms with van der Waals surface area (Å²) in [5.41, 5.74) is 2.10. The first-order valence-corrected chi connectivity index (χ1v) is 7.32. The Morgan fingerprint density at radius 2 is 2.25 bits per heavy atom. The maximum absolute atomic E-state index is 3.72. The molecule has 1 N–H and O–H groups in total. The summed E-state index contributed by atoms with van der Waals surface area (Å²) < 4.78 is 0. The summed E-state index contributed by atoms with van der Waals surface area (Å²) in [7, 11) is 0. The van der Waals surface area contributed by atoms with Crippen LogP contribution in [-0.2, 0) is 0 Å². The molecular weight excluding hydrogens is 214 g/mol. The number of thiophene rings is 1. The summed E-state index contributed by atoms with van der Waals surface area (Å²) in [6.45, 7) is 8.01. The van der Waals surface area contributed by atoms with Gasteiger partial charge < -0.3 is 5.32 Å². The molecule has 1 nitrogen and oxygen atoms in total. The first-order chi connectivity index (χ1) is 7.67. The highest BCUT2D eigenvalue weighted by Crippen LogP contribution is 2.49. The van der Waals surface area contributed by atoms with Crippen molar-refractivity contribution in [2.24, 2.45) is 5.41 Å². The van der Waals surface area contributed by atoms with Crippen molar-refractivity contribution in [2.75, 3.05) is 6.54 Å². The Balaban J connectivity index is 1.84. The zero-order valence-electron chi connectivity index (χ0n) is 10.7. The van der Waals surface area contributed by atoms with Gasteiger partial charge >= 0.3 is 0 Å². The lowest BCUT2D eigenvalue weighted by molar-refractivity contribution is 0.398. The maximum Gasteiger partial charge on any atom is 0.0388 e. The van der Waals surface area contributed by atoms with E-state index in [0.29, 0.717) is 11.5 Å². The summed E-state index contributed by atoms with van der Waals surface area (Å²) in [4.78, 5) is 1.51. The molecule has 0 bridgehead atoms. The third kappa shape index (κ3) is 2.67. The largest absolute Gasteiger partial charge is 0.309 e. The fourth-order valence-corrected chi connectivity index (χ4v) is 3.47. The fraction of sp³-hybridized carbons (Fsp3) is 0.714. The maximum atomic E-state index is 3.72. The molecule has 0 spiro atoms. The lowest BCUT2D eigenvalue weighted by Crippen LogP contribution is -2.26. The Morgan fingerprint density at radius 3 is 2.75 bits per heavy atom. The highest BCUT2D eigenvalue weighted by atomic mass is 32.1. The zero-order chi connectivity index (χ0) is 11.6. The molecule has 0 radical (unpaired) electrons. The molecule has 1 atom stereocenters. The molecule has 0 saturated heterocycles. The molecule has 1 unspecified atom stereocenters. The van der Waals surface area contributed by atoms with E-state index in [0.717, 1.165) is 0 Å². The standard InChI is InChI=1S/C14H23NS/c1-4-6-14(7-8-14)10-15-12(3)13-11(2)5-9-16-13/h5,9,12,15H,4,6-8,10H2,1-3H3. The molecule has 90 valence electrons. The van der Waals surface area contributed by atoms with Gasteiger partial charge in [0.05, 0.1) is 0 Å². The number of nitrogens with one attached hydrogen (secondary N) is 1. The van der Waals surface area contributed by atoms with Crippen LogP contribution in [0.3, 0.4) is 0 Å². The van der Waals surface area contributed by atoms with Crippen LogP contribution in [0, 0.1) is 12.3 Å². The first-order valence-electron chi connectivity index (χ1n) is 6.44. The smallest absolute Gasteiger partial charge is 0.0388 e. The van der Waals surface area contributed by atoms with Crippen molar-refractivity contribution in [3.8, 4) is 0 Å². The van der Waals surface area contributed by atoms with Crippen LogP contribution in [0.1, 0.15) is 56.0 Å². The first kappa shape index (κ1) is 12.1. The Morgan fingerprint density at radius 1 is 1.50 bits per heavy atom. The second-order valence-corrected chi connectivity index (χ2v) is 6.27. The lowest BCUT2D eigenvalue weighted by atomic mass is 10.0. The van der Waals surface area contributed by atoms with Gasteiger partial charge in [-0.1, -0.05) is 13.3 Å². The second kappa shape index (κ2) is 4.89. The van der Waals surface area contributed by atoms with E-state index < -0.39 is 0 Å². The van der Waals surface area contributed by atoms with Gasteiger partial charge in [-0.2, -0.15) is 0 Å². The van der Waals surface area contributed by atoms with Gasteiger partial charge in [0.1, 0.15) is 0 Å². The van der Waals surface area contributed by atoms with Crippen LogP contribution in [0.2, 0.25) is 0 Å². The minimum absolute atomic E-state index is 0.523. The SMILES string of the molecule is CCCC1(CNC(C)c2sccc2C)CC1. The molecule has 2 rings (SSSR count). The van der Waals surface area contributed by atoms with E-state index in [4.69, 9.17) is 0 Å². The van der Waals surface area contributed by atoms with E-state index in [1.54, 1.807) is 0 Å². The highest BCUT2D eigenvalue weighted by Gasteiger charge is 2.41. The van der Waals surface area contributed by atoms with Gasteiger partial charge in [0, 0.05) is 17.5 Å². The normalized spacial score (nSPS) is 19.7. The van der Waals surface area contributed by atoms with E-state index in [-0.39, 0.29) is 0 Å². The number of hydrogen-bond acceptors (Lipinski definition) is 2. The van der Waals surface area contributed by atoms with Gasteiger partial charge in [0.15, 0.2) is 0 Å². The molecule has 16 heavy (non-hydrogen) atoms. The van der Waals surface area contributed by atoms with E-state index in [2.05, 4.69) is 37.5 Å². The van der Waals surface area contributed by atoms with Crippen molar-refractivity contribution in [3.63, 3.8) is 0 Å². The van der Waals surface area contributed by atoms with Gasteiger partial charge in [-0.25, -0.2) is 0 Å². The predicted molar refractivity (Wildman–Crippen MR) is 72.0 cm³/mol. The molecule has 1 aromatic rings. The van der Waals surface area contributed by atoms with E-state index >= 15 is 0 Å². The lowest BCUT2D eigenvalue weighted by Gasteiger charge is -2.19. The van der Waals surface area contributed by atoms with Crippen LogP contribution in [-0.4, -0.2) is 6.54 Å². The van der Waals surface area contributed by atoms with Gasteiger partial charge in [-0.3, -0.25) is 0 Å². The molecular formula is C14H23NS. The third-order valence-corrected chi connectivity index (χ3v) is 5.02. The molecule has 0 amide bonds. The van der Waals surface area contributed by atoms with Crippen molar-refractivity contribution in [3.05, 3.63) is 21.9 Å². The molecule has 1 aromatic heterocycles. The van der Waals surface area contributed by atoms with Crippen LogP contribution >= 0.6 is 11.3 Å². The van der Waals surface area contributed by atoms with Gasteiger partial charge in [0.2, 0.25) is 0 Å². The Labute approximate surface area is 103 Å². The van der Waals surface area contributed by atoms with Crippen LogP contribution in [0.4, 0.5) is 0 Å². The molecule has 1 heterocycles. The van der Waals surface area contributed by atoms with Crippen molar-refractivity contribution in [1.29, 1.82) is 0 Å². The van der Waals surface area contributed by atoms with Gasteiger partial charge in [-0.05, 0) is 55.5 Å². The molecule has 1 fully saturated rings. The average molecular weight is 237 g/mol. The van der Waals surface area contributed by atoms with E-state index in [1.807, 2.05) is 11.3 Å². The van der Waals surface area contributed by atoms with Crippen LogP contribution in [0.25, 0.3) is 0 Å². The predicted octanol–water partition coefficient (Wildman–Crippen LogP) is 4.29. The Kier molecular flexibility index (Phi) is 3.70. The van der Waals surface area contributed by atoms with Gasteiger partial charge in [-0.15, -0.1) is 11.3 Å². The summed E-state index contributed by atoms with van der Waals surface area (Å²) in [5.74, 6) is 0. The average Bonchev–Trinajstić information content (AvgIpc) is 2.89. The molecule has 2 heteroatoms. The fourth-order valence-electron chi connectivity index (χ4n) is 2.51. The van der Waals surface area contributed by atoms with E-state index in [9.17, 15) is 0 Å². The third-order valence-electron chi connectivity index (χ3n) is 3.82. The van der Waals surface area contributed by atoms with Crippen molar-refractivity contribution in [1.82, 2.24) is 5.32 Å². The minimum atomic E-state index is 0.523. The van der Waals surface area contributed by atoms with Crippen molar-refractivity contribution < 1.29 is 0 Å². The summed E-state index contributed by atoms with van der Waals surface area (Å²) in [6, 6.07) is 2.74. The minimum Gasteiger partial charge on any atom is -0.309 e. The molecule has 0 aromatic carbocycles. The number of aryl methyl sites for hydroxylation is 1. The highest BCUT2D eigenvalue weighted by molar-refractivity contribution is 7.10. The number of rotatable bonds is 6. The van der Waals surface area contributed by atoms with Crippen LogP contribution < -0.4 is 5.32 Å². The summed E-state index contributed by atoms with van der Waals surface area (Å²) in [6.07, 6.45) is 5.60. The molecule has 1 saturated carbocycles. The monoisotopic (exact) mass is 237 g/mol.